The molecule has 0 unspecified atom stereocenters. The molecule has 0 bridgehead atoms. The van der Waals surface area contributed by atoms with Crippen LogP contribution >= 0.6 is 11.6 Å². The Labute approximate surface area is 212 Å². The lowest BCUT2D eigenvalue weighted by molar-refractivity contribution is -0.140. The van der Waals surface area contributed by atoms with E-state index in [0.717, 1.165) is 16.1 Å². The molecule has 10 heteroatoms. The topological polar surface area (TPSA) is 86.8 Å². The van der Waals surface area contributed by atoms with Crippen molar-refractivity contribution in [3.05, 3.63) is 64.4 Å². The summed E-state index contributed by atoms with van der Waals surface area (Å²) in [6.07, 6.45) is 2.03. The number of amides is 2. The maximum atomic E-state index is 13.6. The van der Waals surface area contributed by atoms with Crippen molar-refractivity contribution in [2.24, 2.45) is 0 Å². The normalized spacial score (nSPS) is 13.1. The van der Waals surface area contributed by atoms with Crippen molar-refractivity contribution in [1.29, 1.82) is 0 Å². The van der Waals surface area contributed by atoms with Gasteiger partial charge in [-0.15, -0.1) is 0 Å². The second-order valence-electron chi connectivity index (χ2n) is 8.59. The number of carbonyl (C=O) groups excluding carboxylic acids is 2. The molecule has 0 radical (unpaired) electrons. The Hall–Kier alpha value is -2.65. The first-order valence-corrected chi connectivity index (χ1v) is 13.7. The molecule has 0 fully saturated rings. The van der Waals surface area contributed by atoms with Gasteiger partial charge in [0, 0.05) is 17.6 Å². The van der Waals surface area contributed by atoms with E-state index in [1.165, 1.54) is 35.2 Å². The van der Waals surface area contributed by atoms with Crippen molar-refractivity contribution >= 4 is 39.1 Å². The Bertz CT molecular complexity index is 1140. The molecule has 2 rings (SSSR count). The molecule has 2 amide bonds. The van der Waals surface area contributed by atoms with Gasteiger partial charge in [-0.2, -0.15) is 0 Å². The third-order valence-corrected chi connectivity index (χ3v) is 7.32. The molecule has 0 saturated heterocycles. The van der Waals surface area contributed by atoms with Gasteiger partial charge >= 0.3 is 0 Å². The maximum absolute atomic E-state index is 13.6. The number of hydrogen-bond acceptors (Lipinski definition) is 4. The molecule has 2 atom stereocenters. The summed E-state index contributed by atoms with van der Waals surface area (Å²) in [7, 11) is -3.85. The highest BCUT2D eigenvalue weighted by molar-refractivity contribution is 7.92. The summed E-state index contributed by atoms with van der Waals surface area (Å²) in [6, 6.07) is 9.41. The van der Waals surface area contributed by atoms with E-state index >= 15 is 0 Å². The average Bonchev–Trinajstić information content (AvgIpc) is 2.79. The predicted molar refractivity (Wildman–Crippen MR) is 137 cm³/mol. The van der Waals surface area contributed by atoms with E-state index in [9.17, 15) is 22.4 Å². The van der Waals surface area contributed by atoms with Gasteiger partial charge in [0.05, 0.1) is 11.9 Å². The van der Waals surface area contributed by atoms with Crippen molar-refractivity contribution in [2.45, 2.75) is 59.2 Å². The fourth-order valence-electron chi connectivity index (χ4n) is 3.50. The minimum absolute atomic E-state index is 0.0117. The quantitative estimate of drug-likeness (QED) is 0.474. The van der Waals surface area contributed by atoms with Gasteiger partial charge in [0.1, 0.15) is 18.4 Å². The molecular formula is C25H33ClFN3O4S. The Kier molecular flexibility index (Phi) is 10.1. The van der Waals surface area contributed by atoms with Gasteiger partial charge in [0.2, 0.25) is 21.8 Å². The van der Waals surface area contributed by atoms with Crippen LogP contribution in [0.2, 0.25) is 5.02 Å². The van der Waals surface area contributed by atoms with Crippen LogP contribution in [0.5, 0.6) is 0 Å². The average molecular weight is 526 g/mol. The van der Waals surface area contributed by atoms with E-state index < -0.39 is 34.3 Å². The highest BCUT2D eigenvalue weighted by Crippen LogP contribution is 2.25. The van der Waals surface area contributed by atoms with Crippen LogP contribution < -0.4 is 9.62 Å². The third kappa shape index (κ3) is 7.93. The molecular weight excluding hydrogens is 493 g/mol. The summed E-state index contributed by atoms with van der Waals surface area (Å²) in [5.74, 6) is -1.32. The van der Waals surface area contributed by atoms with Gasteiger partial charge in [0.15, 0.2) is 0 Å². The van der Waals surface area contributed by atoms with Crippen molar-refractivity contribution < 1.29 is 22.4 Å². The van der Waals surface area contributed by atoms with Crippen LogP contribution in [0, 0.1) is 12.7 Å². The predicted octanol–water partition coefficient (Wildman–Crippen LogP) is 4.28. The van der Waals surface area contributed by atoms with Crippen LogP contribution in [0.15, 0.2) is 42.5 Å². The minimum Gasteiger partial charge on any atom is -0.352 e. The molecule has 192 valence electrons. The highest BCUT2D eigenvalue weighted by Gasteiger charge is 2.32. The number of halogens is 2. The van der Waals surface area contributed by atoms with E-state index in [2.05, 4.69) is 5.32 Å². The second-order valence-corrected chi connectivity index (χ2v) is 10.9. The van der Waals surface area contributed by atoms with Gasteiger partial charge in [-0.1, -0.05) is 43.6 Å². The largest absolute Gasteiger partial charge is 0.352 e. The first kappa shape index (κ1) is 28.6. The lowest BCUT2D eigenvalue weighted by Crippen LogP contribution is -2.53. The zero-order valence-corrected chi connectivity index (χ0v) is 22.3. The van der Waals surface area contributed by atoms with Gasteiger partial charge in [-0.3, -0.25) is 13.9 Å². The van der Waals surface area contributed by atoms with Gasteiger partial charge in [0.25, 0.3) is 0 Å². The fraction of sp³-hybridized carbons (Fsp3) is 0.440. The van der Waals surface area contributed by atoms with Crippen molar-refractivity contribution in [3.8, 4) is 0 Å². The Morgan fingerprint density at radius 3 is 2.23 bits per heavy atom. The summed E-state index contributed by atoms with van der Waals surface area (Å²) >= 11 is 6.20. The van der Waals surface area contributed by atoms with Gasteiger partial charge in [-0.05, 0) is 62.1 Å². The lowest BCUT2D eigenvalue weighted by Gasteiger charge is -2.33. The molecule has 7 nitrogen and oxygen atoms in total. The number of aryl methyl sites for hydroxylation is 1. The van der Waals surface area contributed by atoms with Crippen LogP contribution in [0.1, 0.15) is 44.7 Å². The monoisotopic (exact) mass is 525 g/mol. The summed E-state index contributed by atoms with van der Waals surface area (Å²) in [6.45, 7) is 6.85. The minimum atomic E-state index is -3.85. The van der Waals surface area contributed by atoms with Crippen LogP contribution in [-0.2, 0) is 26.2 Å². The van der Waals surface area contributed by atoms with Crippen molar-refractivity contribution in [2.75, 3.05) is 17.1 Å². The molecule has 0 aliphatic rings. The number of benzene rings is 2. The second kappa shape index (κ2) is 12.4. The van der Waals surface area contributed by atoms with Crippen molar-refractivity contribution in [1.82, 2.24) is 10.2 Å². The van der Waals surface area contributed by atoms with Crippen LogP contribution in [0.4, 0.5) is 10.1 Å². The standard InChI is InChI=1S/C25H33ClFN3O4S/c1-6-18(4)28-25(32)23(7-2)29(15-19-9-11-20(27)12-10-19)24(31)16-30(35(5,33)34)21-13-8-17(3)22(26)14-21/h8-14,18,23H,6-7,15-16H2,1-5H3,(H,28,32)/t18-,23+/m0/s1. The summed E-state index contributed by atoms with van der Waals surface area (Å²) in [4.78, 5) is 28.0. The number of sulfonamides is 1. The summed E-state index contributed by atoms with van der Waals surface area (Å²) in [5, 5.41) is 3.26. The molecule has 1 N–H and O–H groups in total. The molecule has 0 saturated carbocycles. The first-order valence-electron chi connectivity index (χ1n) is 11.5. The SMILES string of the molecule is CC[C@H](C(=O)N[C@@H](C)CC)N(Cc1ccc(F)cc1)C(=O)CN(c1ccc(C)c(Cl)c1)S(C)(=O)=O. The van der Waals surface area contributed by atoms with E-state index in [1.54, 1.807) is 26.0 Å². The molecule has 0 heterocycles. The smallest absolute Gasteiger partial charge is 0.244 e. The summed E-state index contributed by atoms with van der Waals surface area (Å²) in [5.41, 5.74) is 1.62. The molecule has 2 aromatic rings. The molecule has 0 aliphatic heterocycles. The first-order chi connectivity index (χ1) is 16.4. The van der Waals surface area contributed by atoms with Crippen LogP contribution in [-0.4, -0.2) is 50.0 Å². The number of rotatable bonds is 11. The number of nitrogens with one attached hydrogen (secondary N) is 1. The molecule has 0 spiro atoms. The number of anilines is 1. The molecule has 35 heavy (non-hydrogen) atoms. The zero-order valence-electron chi connectivity index (χ0n) is 20.7. The Morgan fingerprint density at radius 1 is 1.09 bits per heavy atom. The van der Waals surface area contributed by atoms with E-state index in [-0.39, 0.29) is 24.2 Å². The number of hydrogen-bond donors (Lipinski definition) is 1. The van der Waals surface area contributed by atoms with E-state index in [1.807, 2.05) is 13.8 Å². The highest BCUT2D eigenvalue weighted by atomic mass is 35.5. The number of nitrogens with zero attached hydrogens (tertiary/aromatic N) is 2. The molecule has 2 aromatic carbocycles. The number of carbonyl (C=O) groups is 2. The third-order valence-electron chi connectivity index (χ3n) is 5.78. The molecule has 0 aliphatic carbocycles. The van der Waals surface area contributed by atoms with E-state index in [0.29, 0.717) is 23.4 Å². The maximum Gasteiger partial charge on any atom is 0.244 e. The van der Waals surface area contributed by atoms with Gasteiger partial charge < -0.3 is 10.2 Å². The fourth-order valence-corrected chi connectivity index (χ4v) is 4.51. The van der Waals surface area contributed by atoms with Gasteiger partial charge in [-0.25, -0.2) is 12.8 Å². The summed E-state index contributed by atoms with van der Waals surface area (Å²) < 4.78 is 39.7. The zero-order chi connectivity index (χ0) is 26.3. The van der Waals surface area contributed by atoms with E-state index in [4.69, 9.17) is 11.6 Å². The Balaban J connectivity index is 2.45. The van der Waals surface area contributed by atoms with Crippen LogP contribution in [0.3, 0.4) is 0 Å². The van der Waals surface area contributed by atoms with Crippen molar-refractivity contribution in [3.63, 3.8) is 0 Å². The Morgan fingerprint density at radius 2 is 1.71 bits per heavy atom. The lowest BCUT2D eigenvalue weighted by atomic mass is 10.1. The van der Waals surface area contributed by atoms with Crippen LogP contribution in [0.25, 0.3) is 0 Å². The molecule has 0 aromatic heterocycles.